The Balaban J connectivity index is 5.03. The highest BCUT2D eigenvalue weighted by molar-refractivity contribution is 6.77. The molecule has 2 nitrogen and oxygen atoms in total. The molecule has 3 heteroatoms. The lowest BCUT2D eigenvalue weighted by Crippen LogP contribution is -2.47. The standard InChI is InChI=1S/C13H26O2Si/c1-8-9-16(10(2)3,11(4)5)15-13(7)12(6)14/h8,10-11,13H,1,9H2,2-7H3/q-1/t13-/m1/s1. The summed E-state index contributed by atoms with van der Waals surface area (Å²) in [5, 5.41) is 0. The zero-order chi connectivity index (χ0) is 12.9. The topological polar surface area (TPSA) is 26.3 Å². The van der Waals surface area contributed by atoms with Crippen molar-refractivity contribution >= 4 is 14.1 Å². The maximum absolute atomic E-state index is 11.3. The van der Waals surface area contributed by atoms with E-state index in [9.17, 15) is 4.79 Å². The van der Waals surface area contributed by atoms with Crippen LogP contribution in [0.5, 0.6) is 0 Å². The third kappa shape index (κ3) is 3.56. The van der Waals surface area contributed by atoms with Crippen LogP contribution in [0.2, 0.25) is 17.1 Å². The van der Waals surface area contributed by atoms with Crippen LogP contribution in [0.15, 0.2) is 12.7 Å². The van der Waals surface area contributed by atoms with Crippen LogP contribution in [0.4, 0.5) is 0 Å². The van der Waals surface area contributed by atoms with Gasteiger partial charge >= 0.3 is 0 Å². The lowest BCUT2D eigenvalue weighted by molar-refractivity contribution is -0.123. The fourth-order valence-electron chi connectivity index (χ4n) is 2.10. The summed E-state index contributed by atoms with van der Waals surface area (Å²) in [6.07, 6.45) is 1.66. The van der Waals surface area contributed by atoms with Crippen LogP contribution in [0.25, 0.3) is 0 Å². The summed E-state index contributed by atoms with van der Waals surface area (Å²) in [5.74, 6) is 0.113. The van der Waals surface area contributed by atoms with E-state index in [0.717, 1.165) is 6.04 Å². The van der Waals surface area contributed by atoms with Gasteiger partial charge in [-0.3, -0.25) is 4.79 Å². The first-order valence-electron chi connectivity index (χ1n) is 6.07. The first-order chi connectivity index (χ1) is 7.27. The van der Waals surface area contributed by atoms with Crippen molar-refractivity contribution in [3.8, 4) is 0 Å². The van der Waals surface area contributed by atoms with Crippen LogP contribution in [-0.4, -0.2) is 20.2 Å². The Hall–Kier alpha value is -0.413. The lowest BCUT2D eigenvalue weighted by atomic mass is 10.3. The second-order valence-electron chi connectivity index (χ2n) is 5.13. The maximum Gasteiger partial charge on any atom is 0.154 e. The molecule has 0 spiro atoms. The van der Waals surface area contributed by atoms with Gasteiger partial charge in [0.1, 0.15) is 0 Å². The fourth-order valence-corrected chi connectivity index (χ4v) is 6.29. The Bertz CT molecular complexity index is 238. The molecular formula is C13H26O2Si-. The lowest BCUT2D eigenvalue weighted by Gasteiger charge is -2.52. The smallest absolute Gasteiger partial charge is 0.154 e. The average molecular weight is 242 g/mol. The number of hydrogen-bond donors (Lipinski definition) is 0. The summed E-state index contributed by atoms with van der Waals surface area (Å²) in [4.78, 5) is 11.3. The number of carbonyl (C=O) groups is 1. The van der Waals surface area contributed by atoms with E-state index >= 15 is 0 Å². The molecule has 0 aliphatic heterocycles. The molecule has 0 aliphatic rings. The minimum Gasteiger partial charge on any atom is -0.556 e. The molecule has 0 saturated carbocycles. The van der Waals surface area contributed by atoms with E-state index in [1.807, 2.05) is 13.0 Å². The monoisotopic (exact) mass is 242 g/mol. The Morgan fingerprint density at radius 3 is 1.94 bits per heavy atom. The maximum atomic E-state index is 11.3. The number of ketones is 1. The van der Waals surface area contributed by atoms with E-state index in [1.54, 1.807) is 6.92 Å². The SMILES string of the molecule is C=CC[Si-](O[C@H](C)C(C)=O)(C(C)C)C(C)C. The number of rotatable bonds is 7. The fraction of sp³-hybridized carbons (Fsp3) is 0.769. The first kappa shape index (κ1) is 15.6. The predicted molar refractivity (Wildman–Crippen MR) is 72.2 cm³/mol. The van der Waals surface area contributed by atoms with Gasteiger partial charge in [-0.1, -0.05) is 27.7 Å². The van der Waals surface area contributed by atoms with Crippen LogP contribution >= 0.6 is 0 Å². The third-order valence-electron chi connectivity index (χ3n) is 3.39. The van der Waals surface area contributed by atoms with Crippen molar-refractivity contribution in [2.24, 2.45) is 0 Å². The van der Waals surface area contributed by atoms with Crippen molar-refractivity contribution in [3.05, 3.63) is 12.7 Å². The van der Waals surface area contributed by atoms with Crippen LogP contribution < -0.4 is 0 Å². The van der Waals surface area contributed by atoms with Gasteiger partial charge in [0, 0.05) is 0 Å². The molecular weight excluding hydrogens is 216 g/mol. The summed E-state index contributed by atoms with van der Waals surface area (Å²) in [7, 11) is -1.91. The molecule has 0 radical (unpaired) electrons. The van der Waals surface area contributed by atoms with E-state index in [-0.39, 0.29) is 11.9 Å². The van der Waals surface area contributed by atoms with Crippen molar-refractivity contribution in [2.75, 3.05) is 0 Å². The first-order valence-corrected chi connectivity index (χ1v) is 8.34. The molecule has 0 bridgehead atoms. The molecule has 0 aromatic heterocycles. The highest BCUT2D eigenvalue weighted by Crippen LogP contribution is 2.38. The molecule has 0 heterocycles. The molecule has 0 aromatic rings. The largest absolute Gasteiger partial charge is 0.556 e. The van der Waals surface area contributed by atoms with Crippen molar-refractivity contribution in [3.63, 3.8) is 0 Å². The Labute approximate surface area is 101 Å². The van der Waals surface area contributed by atoms with Crippen LogP contribution in [0.3, 0.4) is 0 Å². The molecule has 0 rings (SSSR count). The number of Topliss-reactive ketones (excluding diaryl/α,β-unsaturated/α-hetero) is 1. The molecule has 0 aliphatic carbocycles. The minimum absolute atomic E-state index is 0.113. The van der Waals surface area contributed by atoms with E-state index in [4.69, 9.17) is 4.43 Å². The molecule has 1 atom stereocenters. The normalized spacial score (nSPS) is 14.2. The molecule has 0 fully saturated rings. The van der Waals surface area contributed by atoms with Gasteiger partial charge in [0.25, 0.3) is 0 Å². The van der Waals surface area contributed by atoms with Gasteiger partial charge in [-0.2, -0.15) is 0 Å². The minimum atomic E-state index is -1.91. The van der Waals surface area contributed by atoms with Crippen LogP contribution in [-0.2, 0) is 9.22 Å². The van der Waals surface area contributed by atoms with E-state index in [0.29, 0.717) is 11.1 Å². The summed E-state index contributed by atoms with van der Waals surface area (Å²) >= 11 is 0. The number of hydrogen-bond acceptors (Lipinski definition) is 2. The molecule has 0 aromatic carbocycles. The molecule has 95 valence electrons. The van der Waals surface area contributed by atoms with Gasteiger partial charge < -0.3 is 4.43 Å². The van der Waals surface area contributed by atoms with E-state index in [2.05, 4.69) is 34.3 Å². The Morgan fingerprint density at radius 2 is 1.69 bits per heavy atom. The van der Waals surface area contributed by atoms with Crippen LogP contribution in [0.1, 0.15) is 41.5 Å². The van der Waals surface area contributed by atoms with Crippen molar-refractivity contribution in [1.29, 1.82) is 0 Å². The molecule has 0 saturated heterocycles. The van der Waals surface area contributed by atoms with E-state index < -0.39 is 8.32 Å². The van der Waals surface area contributed by atoms with Gasteiger partial charge in [0.2, 0.25) is 0 Å². The second-order valence-corrected chi connectivity index (χ2v) is 9.99. The Morgan fingerprint density at radius 1 is 1.25 bits per heavy atom. The molecule has 16 heavy (non-hydrogen) atoms. The zero-order valence-corrected chi connectivity index (χ0v) is 12.5. The van der Waals surface area contributed by atoms with Gasteiger partial charge in [-0.15, -0.1) is 29.8 Å². The summed E-state index contributed by atoms with van der Waals surface area (Å²) in [6.45, 7) is 16.1. The van der Waals surface area contributed by atoms with Crippen molar-refractivity contribution in [2.45, 2.75) is 64.8 Å². The molecule has 0 amide bonds. The quantitative estimate of drug-likeness (QED) is 0.499. The summed E-state index contributed by atoms with van der Waals surface area (Å²) < 4.78 is 6.18. The van der Waals surface area contributed by atoms with E-state index in [1.165, 1.54) is 0 Å². The van der Waals surface area contributed by atoms with Gasteiger partial charge in [0.05, 0.1) is 6.10 Å². The van der Waals surface area contributed by atoms with Gasteiger partial charge in [-0.25, -0.2) is 0 Å². The van der Waals surface area contributed by atoms with Crippen LogP contribution in [0, 0.1) is 0 Å². The summed E-state index contributed by atoms with van der Waals surface area (Å²) in [5.41, 5.74) is 0.986. The number of carbonyl (C=O) groups excluding carboxylic acids is 1. The van der Waals surface area contributed by atoms with Gasteiger partial charge in [0.15, 0.2) is 5.78 Å². The Kier molecular flexibility index (Phi) is 6.19. The summed E-state index contributed by atoms with van der Waals surface area (Å²) in [6, 6.07) is 0.917. The molecule has 0 unspecified atom stereocenters. The number of allylic oxidation sites excluding steroid dienone is 1. The van der Waals surface area contributed by atoms with Crippen molar-refractivity contribution < 1.29 is 9.22 Å². The average Bonchev–Trinajstić information content (AvgIpc) is 2.15. The predicted octanol–water partition coefficient (Wildman–Crippen LogP) is 3.93. The van der Waals surface area contributed by atoms with Crippen molar-refractivity contribution in [1.82, 2.24) is 0 Å². The highest BCUT2D eigenvalue weighted by Gasteiger charge is 2.30. The molecule has 0 N–H and O–H groups in total. The third-order valence-corrected chi connectivity index (χ3v) is 9.01. The highest BCUT2D eigenvalue weighted by atomic mass is 28.4. The second kappa shape index (κ2) is 6.35. The zero-order valence-electron chi connectivity index (χ0n) is 11.5. The van der Waals surface area contributed by atoms with Gasteiger partial charge in [-0.05, 0) is 22.2 Å².